The third-order valence-electron chi connectivity index (χ3n) is 4.81. The Morgan fingerprint density at radius 1 is 0.882 bits per heavy atom. The number of carboxylic acids is 2. The van der Waals surface area contributed by atoms with Gasteiger partial charge in [0.1, 0.15) is 23.9 Å². The van der Waals surface area contributed by atoms with Crippen molar-refractivity contribution in [1.29, 1.82) is 0 Å². The molecular formula is C22H32N4O8. The highest BCUT2D eigenvalue weighted by atomic mass is 16.4. The molecule has 12 heteroatoms. The van der Waals surface area contributed by atoms with Crippen molar-refractivity contribution in [3.05, 3.63) is 29.8 Å². The molecule has 0 radical (unpaired) electrons. The van der Waals surface area contributed by atoms with Crippen LogP contribution in [0.2, 0.25) is 0 Å². The highest BCUT2D eigenvalue weighted by molar-refractivity contribution is 5.93. The fraction of sp³-hybridized carbons (Fsp3) is 0.500. The summed E-state index contributed by atoms with van der Waals surface area (Å²) in [6.45, 7) is 3.24. The molecule has 0 bridgehead atoms. The molecule has 0 aliphatic carbocycles. The summed E-state index contributed by atoms with van der Waals surface area (Å²) in [4.78, 5) is 59.9. The molecule has 3 unspecified atom stereocenters. The summed E-state index contributed by atoms with van der Waals surface area (Å²) in [5.74, 6) is -4.71. The van der Waals surface area contributed by atoms with Gasteiger partial charge >= 0.3 is 11.9 Å². The van der Waals surface area contributed by atoms with E-state index in [0.29, 0.717) is 5.56 Å². The molecule has 0 heterocycles. The largest absolute Gasteiger partial charge is 0.508 e. The van der Waals surface area contributed by atoms with E-state index in [1.54, 1.807) is 26.0 Å². The van der Waals surface area contributed by atoms with Crippen molar-refractivity contribution in [1.82, 2.24) is 16.0 Å². The van der Waals surface area contributed by atoms with Gasteiger partial charge in [-0.25, -0.2) is 4.79 Å². The smallest absolute Gasteiger partial charge is 0.326 e. The van der Waals surface area contributed by atoms with E-state index in [0.717, 1.165) is 0 Å². The zero-order valence-electron chi connectivity index (χ0n) is 19.1. The topological polar surface area (TPSA) is 208 Å². The molecule has 3 amide bonds. The SMILES string of the molecule is CC(C)CC(NC(=O)C(Cc1ccc(O)cc1)NC(=O)CN)C(=O)NC(CCC(=O)O)C(=O)O. The highest BCUT2D eigenvalue weighted by Crippen LogP contribution is 2.12. The summed E-state index contributed by atoms with van der Waals surface area (Å²) in [6, 6.07) is 2.33. The first-order chi connectivity index (χ1) is 15.9. The summed E-state index contributed by atoms with van der Waals surface area (Å²) in [5.41, 5.74) is 5.97. The van der Waals surface area contributed by atoms with E-state index in [9.17, 15) is 34.2 Å². The summed E-state index contributed by atoms with van der Waals surface area (Å²) >= 11 is 0. The number of phenols is 1. The fourth-order valence-corrected chi connectivity index (χ4v) is 3.10. The number of rotatable bonds is 14. The predicted octanol–water partition coefficient (Wildman–Crippen LogP) is -0.657. The fourth-order valence-electron chi connectivity index (χ4n) is 3.10. The first kappa shape index (κ1) is 28.4. The van der Waals surface area contributed by atoms with E-state index < -0.39 is 54.2 Å². The van der Waals surface area contributed by atoms with Crippen LogP contribution in [0.4, 0.5) is 0 Å². The molecule has 0 saturated heterocycles. The Kier molecular flexibility index (Phi) is 11.5. The van der Waals surface area contributed by atoms with Crippen molar-refractivity contribution in [2.24, 2.45) is 11.7 Å². The van der Waals surface area contributed by atoms with Crippen LogP contribution in [0.5, 0.6) is 5.75 Å². The summed E-state index contributed by atoms with van der Waals surface area (Å²) in [6.07, 6.45) is -0.573. The molecule has 0 aliphatic heterocycles. The third kappa shape index (κ3) is 10.3. The summed E-state index contributed by atoms with van der Waals surface area (Å²) in [7, 11) is 0. The second-order valence-corrected chi connectivity index (χ2v) is 8.22. The lowest BCUT2D eigenvalue weighted by Gasteiger charge is -2.25. The van der Waals surface area contributed by atoms with Gasteiger partial charge in [-0.05, 0) is 36.5 Å². The van der Waals surface area contributed by atoms with Gasteiger partial charge in [-0.15, -0.1) is 0 Å². The quantitative estimate of drug-likeness (QED) is 0.180. The Hall–Kier alpha value is -3.67. The lowest BCUT2D eigenvalue weighted by atomic mass is 10.0. The molecule has 3 atom stereocenters. The van der Waals surface area contributed by atoms with Crippen LogP contribution in [0, 0.1) is 5.92 Å². The molecule has 12 nitrogen and oxygen atoms in total. The minimum absolute atomic E-state index is 0.0281. The number of carboxylic acid groups (broad SMARTS) is 2. The van der Waals surface area contributed by atoms with Crippen LogP contribution >= 0.6 is 0 Å². The number of nitrogens with two attached hydrogens (primary N) is 1. The molecule has 0 spiro atoms. The first-order valence-electron chi connectivity index (χ1n) is 10.8. The molecule has 188 valence electrons. The van der Waals surface area contributed by atoms with Gasteiger partial charge in [0.15, 0.2) is 0 Å². The van der Waals surface area contributed by atoms with Crippen LogP contribution in [-0.2, 0) is 30.4 Å². The van der Waals surface area contributed by atoms with Gasteiger partial charge in [0.25, 0.3) is 0 Å². The second-order valence-electron chi connectivity index (χ2n) is 8.22. The second kappa shape index (κ2) is 13.8. The predicted molar refractivity (Wildman–Crippen MR) is 121 cm³/mol. The third-order valence-corrected chi connectivity index (χ3v) is 4.81. The lowest BCUT2D eigenvalue weighted by molar-refractivity contribution is -0.143. The van der Waals surface area contributed by atoms with E-state index in [2.05, 4.69) is 16.0 Å². The molecule has 0 fully saturated rings. The Bertz CT molecular complexity index is 872. The number of aromatic hydroxyl groups is 1. The van der Waals surface area contributed by atoms with Crippen molar-refractivity contribution in [3.8, 4) is 5.75 Å². The van der Waals surface area contributed by atoms with Crippen molar-refractivity contribution in [3.63, 3.8) is 0 Å². The van der Waals surface area contributed by atoms with Gasteiger partial charge in [-0.1, -0.05) is 26.0 Å². The average Bonchev–Trinajstić information content (AvgIpc) is 2.76. The summed E-state index contributed by atoms with van der Waals surface area (Å²) < 4.78 is 0. The number of aliphatic carboxylic acids is 2. The maximum absolute atomic E-state index is 13.0. The molecule has 1 aromatic rings. The van der Waals surface area contributed by atoms with Crippen LogP contribution in [0.3, 0.4) is 0 Å². The number of hydrogen-bond acceptors (Lipinski definition) is 7. The maximum atomic E-state index is 13.0. The Balaban J connectivity index is 3.02. The monoisotopic (exact) mass is 480 g/mol. The lowest BCUT2D eigenvalue weighted by Crippen LogP contribution is -2.57. The van der Waals surface area contributed by atoms with Crippen LogP contribution < -0.4 is 21.7 Å². The number of carbonyl (C=O) groups is 5. The molecule has 0 aromatic heterocycles. The van der Waals surface area contributed by atoms with Crippen molar-refractivity contribution < 1.29 is 39.3 Å². The number of nitrogens with one attached hydrogen (secondary N) is 3. The Labute approximate surface area is 196 Å². The Morgan fingerprint density at radius 2 is 1.44 bits per heavy atom. The van der Waals surface area contributed by atoms with Crippen molar-refractivity contribution in [2.75, 3.05) is 6.54 Å². The van der Waals surface area contributed by atoms with E-state index in [4.69, 9.17) is 10.8 Å². The van der Waals surface area contributed by atoms with Crippen LogP contribution in [0.1, 0.15) is 38.7 Å². The zero-order chi connectivity index (χ0) is 25.8. The highest BCUT2D eigenvalue weighted by Gasteiger charge is 2.30. The molecular weight excluding hydrogens is 448 g/mol. The minimum atomic E-state index is -1.44. The van der Waals surface area contributed by atoms with Crippen LogP contribution in [-0.4, -0.2) is 69.7 Å². The number of benzene rings is 1. The number of phenolic OH excluding ortho intramolecular Hbond substituents is 1. The molecule has 34 heavy (non-hydrogen) atoms. The van der Waals surface area contributed by atoms with Gasteiger partial charge < -0.3 is 37.0 Å². The van der Waals surface area contributed by atoms with Gasteiger partial charge in [0, 0.05) is 12.8 Å². The van der Waals surface area contributed by atoms with Gasteiger partial charge in [-0.2, -0.15) is 0 Å². The van der Waals surface area contributed by atoms with E-state index >= 15 is 0 Å². The standard InChI is InChI=1S/C22H32N4O8/c1-12(2)9-16(20(31)25-15(22(33)34)7-8-19(29)30)26-21(32)17(24-18(28)11-23)10-13-3-5-14(27)6-4-13/h3-6,12,15-17,27H,7-11,23H2,1-2H3,(H,24,28)(H,25,31)(H,26,32)(H,29,30)(H,33,34). The first-order valence-corrected chi connectivity index (χ1v) is 10.8. The molecule has 1 rings (SSSR count). The minimum Gasteiger partial charge on any atom is -0.508 e. The van der Waals surface area contributed by atoms with E-state index in [1.807, 2.05) is 0 Å². The maximum Gasteiger partial charge on any atom is 0.326 e. The van der Waals surface area contributed by atoms with Crippen molar-refractivity contribution in [2.45, 2.75) is 57.7 Å². The van der Waals surface area contributed by atoms with Gasteiger partial charge in [0.2, 0.25) is 17.7 Å². The molecule has 8 N–H and O–H groups in total. The molecule has 0 saturated carbocycles. The van der Waals surface area contributed by atoms with E-state index in [-0.39, 0.29) is 37.5 Å². The number of hydrogen-bond donors (Lipinski definition) is 7. The van der Waals surface area contributed by atoms with Gasteiger partial charge in [-0.3, -0.25) is 19.2 Å². The molecule has 0 aliphatic rings. The van der Waals surface area contributed by atoms with E-state index in [1.165, 1.54) is 12.1 Å². The van der Waals surface area contributed by atoms with Crippen LogP contribution in [0.25, 0.3) is 0 Å². The number of amides is 3. The number of carbonyl (C=O) groups excluding carboxylic acids is 3. The van der Waals surface area contributed by atoms with Gasteiger partial charge in [0.05, 0.1) is 6.54 Å². The Morgan fingerprint density at radius 3 is 1.94 bits per heavy atom. The molecule has 1 aromatic carbocycles. The normalized spacial score (nSPS) is 13.4. The van der Waals surface area contributed by atoms with Crippen molar-refractivity contribution >= 4 is 29.7 Å². The average molecular weight is 481 g/mol. The zero-order valence-corrected chi connectivity index (χ0v) is 19.1. The van der Waals surface area contributed by atoms with Crippen LogP contribution in [0.15, 0.2) is 24.3 Å². The summed E-state index contributed by atoms with van der Waals surface area (Å²) in [5, 5.41) is 34.9.